The highest BCUT2D eigenvalue weighted by Gasteiger charge is 2.41. The van der Waals surface area contributed by atoms with Gasteiger partial charge in [0, 0.05) is 12.6 Å². The molecule has 0 spiro atoms. The fraction of sp³-hybridized carbons (Fsp3) is 0.174. The predicted molar refractivity (Wildman–Crippen MR) is 112 cm³/mol. The van der Waals surface area contributed by atoms with Crippen molar-refractivity contribution in [3.8, 4) is 22.6 Å². The number of nitrogens with zero attached hydrogens (tertiary/aromatic N) is 2. The molecular formula is C23H23N3O2. The molecule has 0 aromatic heterocycles. The van der Waals surface area contributed by atoms with Gasteiger partial charge in [-0.05, 0) is 41.0 Å². The molecule has 1 aliphatic rings. The Bertz CT molecular complexity index is 1030. The van der Waals surface area contributed by atoms with Gasteiger partial charge in [0.15, 0.2) is 5.96 Å². The minimum absolute atomic E-state index is 0.212. The molecule has 0 bridgehead atoms. The molecule has 1 atom stereocenters. The summed E-state index contributed by atoms with van der Waals surface area (Å²) in [4.78, 5) is 6.80. The average Bonchev–Trinajstić information content (AvgIpc) is 3.04. The summed E-state index contributed by atoms with van der Waals surface area (Å²) in [6.07, 6.45) is 0. The first-order valence-corrected chi connectivity index (χ1v) is 9.13. The molecule has 1 heterocycles. The summed E-state index contributed by atoms with van der Waals surface area (Å²) in [5.74, 6) is 1.45. The van der Waals surface area contributed by atoms with Crippen LogP contribution >= 0.6 is 0 Å². The van der Waals surface area contributed by atoms with E-state index in [9.17, 15) is 5.11 Å². The first-order valence-electron chi connectivity index (χ1n) is 9.13. The molecule has 0 aliphatic carbocycles. The van der Waals surface area contributed by atoms with Gasteiger partial charge in [0.2, 0.25) is 0 Å². The van der Waals surface area contributed by atoms with E-state index in [1.54, 1.807) is 13.2 Å². The zero-order chi connectivity index (χ0) is 19.7. The van der Waals surface area contributed by atoms with Gasteiger partial charge >= 0.3 is 0 Å². The van der Waals surface area contributed by atoms with Crippen LogP contribution in [-0.2, 0) is 5.54 Å². The Balaban J connectivity index is 1.90. The zero-order valence-corrected chi connectivity index (χ0v) is 16.0. The smallest absolute Gasteiger partial charge is 0.192 e. The van der Waals surface area contributed by atoms with Crippen molar-refractivity contribution in [3.05, 3.63) is 83.9 Å². The molecular weight excluding hydrogens is 350 g/mol. The monoisotopic (exact) mass is 373 g/mol. The Kier molecular flexibility index (Phi) is 4.43. The largest absolute Gasteiger partial charge is 0.507 e. The zero-order valence-electron chi connectivity index (χ0n) is 16.0. The van der Waals surface area contributed by atoms with Crippen LogP contribution < -0.4 is 10.5 Å². The molecule has 142 valence electrons. The molecule has 0 saturated carbocycles. The number of likely N-dealkylation sites (N-methyl/N-ethyl adjacent to an activating group) is 1. The number of guanidine groups is 1. The minimum atomic E-state index is -0.624. The van der Waals surface area contributed by atoms with E-state index >= 15 is 0 Å². The molecule has 3 N–H and O–H groups in total. The number of aromatic hydroxyl groups is 1. The predicted octanol–water partition coefficient (Wildman–Crippen LogP) is 3.57. The number of hydrogen-bond donors (Lipinski definition) is 2. The van der Waals surface area contributed by atoms with Crippen LogP contribution in [0.2, 0.25) is 0 Å². The van der Waals surface area contributed by atoms with Crippen LogP contribution in [-0.4, -0.2) is 36.7 Å². The van der Waals surface area contributed by atoms with Gasteiger partial charge in [-0.1, -0.05) is 48.5 Å². The van der Waals surface area contributed by atoms with E-state index < -0.39 is 5.54 Å². The average molecular weight is 373 g/mol. The van der Waals surface area contributed by atoms with Crippen molar-refractivity contribution >= 4 is 5.96 Å². The lowest BCUT2D eigenvalue weighted by molar-refractivity contribution is 0.415. The summed E-state index contributed by atoms with van der Waals surface area (Å²) in [7, 11) is 3.57. The van der Waals surface area contributed by atoms with E-state index in [1.807, 2.05) is 66.5 Å². The topological polar surface area (TPSA) is 71.1 Å². The van der Waals surface area contributed by atoms with E-state index in [-0.39, 0.29) is 5.75 Å². The van der Waals surface area contributed by atoms with Crippen LogP contribution in [0.25, 0.3) is 11.1 Å². The molecule has 1 aliphatic heterocycles. The van der Waals surface area contributed by atoms with Crippen molar-refractivity contribution in [2.24, 2.45) is 10.7 Å². The number of hydrogen-bond acceptors (Lipinski definition) is 5. The molecule has 5 nitrogen and oxygen atoms in total. The molecule has 1 unspecified atom stereocenters. The van der Waals surface area contributed by atoms with E-state index in [0.717, 1.165) is 28.0 Å². The summed E-state index contributed by atoms with van der Waals surface area (Å²) < 4.78 is 5.34. The number of aliphatic imine (C=N–C) groups is 1. The van der Waals surface area contributed by atoms with Crippen LogP contribution in [0.4, 0.5) is 0 Å². The second-order valence-electron chi connectivity index (χ2n) is 7.02. The summed E-state index contributed by atoms with van der Waals surface area (Å²) in [5.41, 5.74) is 9.18. The Hall–Kier alpha value is -3.47. The SMILES string of the molecule is COc1cccc(-c2cc(C3(c4ccccc4)CN(C)C(N)=N3)ccc2O)c1. The molecule has 5 heteroatoms. The van der Waals surface area contributed by atoms with Crippen LogP contribution in [0.3, 0.4) is 0 Å². The van der Waals surface area contributed by atoms with Gasteiger partial charge < -0.3 is 20.5 Å². The lowest BCUT2D eigenvalue weighted by Gasteiger charge is -2.28. The molecule has 3 aromatic carbocycles. The van der Waals surface area contributed by atoms with Gasteiger partial charge in [0.05, 0.1) is 13.7 Å². The maximum atomic E-state index is 10.5. The Morgan fingerprint density at radius 3 is 2.46 bits per heavy atom. The Morgan fingerprint density at radius 2 is 1.79 bits per heavy atom. The second-order valence-corrected chi connectivity index (χ2v) is 7.02. The minimum Gasteiger partial charge on any atom is -0.507 e. The first-order chi connectivity index (χ1) is 13.5. The van der Waals surface area contributed by atoms with E-state index in [1.165, 1.54) is 0 Å². The molecule has 0 fully saturated rings. The van der Waals surface area contributed by atoms with E-state index in [0.29, 0.717) is 12.5 Å². The number of phenolic OH excluding ortho intramolecular Hbond substituents is 1. The number of rotatable bonds is 4. The highest BCUT2D eigenvalue weighted by atomic mass is 16.5. The van der Waals surface area contributed by atoms with Crippen molar-refractivity contribution in [2.45, 2.75) is 5.54 Å². The van der Waals surface area contributed by atoms with Crippen LogP contribution in [0, 0.1) is 0 Å². The quantitative estimate of drug-likeness (QED) is 0.733. The molecule has 0 saturated heterocycles. The van der Waals surface area contributed by atoms with E-state index in [2.05, 4.69) is 12.1 Å². The highest BCUT2D eigenvalue weighted by Crippen LogP contribution is 2.41. The van der Waals surface area contributed by atoms with Crippen molar-refractivity contribution in [1.82, 2.24) is 4.90 Å². The molecule has 4 rings (SSSR count). The number of nitrogens with two attached hydrogens (primary N) is 1. The fourth-order valence-electron chi connectivity index (χ4n) is 3.75. The van der Waals surface area contributed by atoms with Gasteiger partial charge in [-0.15, -0.1) is 0 Å². The fourth-order valence-corrected chi connectivity index (χ4v) is 3.75. The summed E-state index contributed by atoms with van der Waals surface area (Å²) >= 11 is 0. The number of methoxy groups -OCH3 is 1. The van der Waals surface area contributed by atoms with Gasteiger partial charge in [-0.3, -0.25) is 0 Å². The maximum absolute atomic E-state index is 10.5. The van der Waals surface area contributed by atoms with Crippen molar-refractivity contribution in [3.63, 3.8) is 0 Å². The third kappa shape index (κ3) is 2.95. The molecule has 3 aromatic rings. The van der Waals surface area contributed by atoms with Crippen molar-refractivity contribution in [2.75, 3.05) is 20.7 Å². The third-order valence-electron chi connectivity index (χ3n) is 5.27. The van der Waals surface area contributed by atoms with Crippen molar-refractivity contribution in [1.29, 1.82) is 0 Å². The first kappa shape index (κ1) is 17.9. The summed E-state index contributed by atoms with van der Waals surface area (Å²) in [5, 5.41) is 10.5. The number of benzene rings is 3. The molecule has 0 radical (unpaired) electrons. The number of ether oxygens (including phenoxy) is 1. The van der Waals surface area contributed by atoms with Crippen LogP contribution in [0.15, 0.2) is 77.8 Å². The van der Waals surface area contributed by atoms with Gasteiger partial charge in [0.25, 0.3) is 0 Å². The Morgan fingerprint density at radius 1 is 1.00 bits per heavy atom. The third-order valence-corrected chi connectivity index (χ3v) is 5.27. The van der Waals surface area contributed by atoms with Crippen LogP contribution in [0.1, 0.15) is 11.1 Å². The normalized spacial score (nSPS) is 18.8. The maximum Gasteiger partial charge on any atom is 0.192 e. The summed E-state index contributed by atoms with van der Waals surface area (Å²) in [6, 6.07) is 23.4. The van der Waals surface area contributed by atoms with Crippen molar-refractivity contribution < 1.29 is 9.84 Å². The highest BCUT2D eigenvalue weighted by molar-refractivity contribution is 5.82. The van der Waals surface area contributed by atoms with Gasteiger partial charge in [-0.2, -0.15) is 0 Å². The standard InChI is InChI=1S/C23H23N3O2/c1-26-15-23(25-22(26)24,17-8-4-3-5-9-17)18-11-12-21(27)20(14-18)16-7-6-10-19(13-16)28-2/h3-14,27H,15H2,1-2H3,(H2,24,25). The number of phenols is 1. The van der Waals surface area contributed by atoms with Gasteiger partial charge in [0.1, 0.15) is 17.0 Å². The second kappa shape index (κ2) is 6.93. The molecule has 0 amide bonds. The lowest BCUT2D eigenvalue weighted by atomic mass is 9.82. The Labute approximate surface area is 164 Å². The summed E-state index contributed by atoms with van der Waals surface area (Å²) in [6.45, 7) is 0.630. The van der Waals surface area contributed by atoms with E-state index in [4.69, 9.17) is 15.5 Å². The molecule has 28 heavy (non-hydrogen) atoms. The lowest BCUT2D eigenvalue weighted by Crippen LogP contribution is -2.34. The van der Waals surface area contributed by atoms with Gasteiger partial charge in [-0.25, -0.2) is 4.99 Å². The van der Waals surface area contributed by atoms with Crippen LogP contribution in [0.5, 0.6) is 11.5 Å².